The molecule has 3 aromatic rings. The highest BCUT2D eigenvalue weighted by atomic mass is 35.5. The first-order valence-electron chi connectivity index (χ1n) is 11.1. The second-order valence-corrected chi connectivity index (χ2v) is 12.9. The molecular formula is C25H25ClF3NO4S2. The summed E-state index contributed by atoms with van der Waals surface area (Å²) in [6, 6.07) is 10.3. The Hall–Kier alpha value is -2.56. The lowest BCUT2D eigenvalue weighted by molar-refractivity contribution is 0.569. The van der Waals surface area contributed by atoms with Crippen molar-refractivity contribution in [2.45, 2.75) is 37.6 Å². The standard InChI is InChI=1S/C25H25ClF3NO4S2/c1-3-35(31,32)14-4-5-18-15-20(27)8-12-23(18)17(2)30(25-16-21(28)9-13-24(25)29)36(33,34)22-10-6-19(26)7-11-22/h6-13,15-17H,3-5,14H2,1-2H3. The molecule has 11 heteroatoms. The van der Waals surface area contributed by atoms with Gasteiger partial charge in [-0.05, 0) is 79.4 Å². The van der Waals surface area contributed by atoms with Gasteiger partial charge in [-0.3, -0.25) is 4.31 Å². The lowest BCUT2D eigenvalue weighted by Crippen LogP contribution is -2.35. The van der Waals surface area contributed by atoms with Crippen molar-refractivity contribution in [3.8, 4) is 0 Å². The molecule has 0 radical (unpaired) electrons. The van der Waals surface area contributed by atoms with Crippen LogP contribution in [0.15, 0.2) is 65.6 Å². The average molecular weight is 560 g/mol. The predicted octanol–water partition coefficient (Wildman–Crippen LogP) is 6.08. The smallest absolute Gasteiger partial charge is 0.256 e. The molecule has 36 heavy (non-hydrogen) atoms. The topological polar surface area (TPSA) is 71.5 Å². The maximum absolute atomic E-state index is 14.9. The second-order valence-electron chi connectivity index (χ2n) is 8.21. The van der Waals surface area contributed by atoms with E-state index in [4.69, 9.17) is 11.6 Å². The summed E-state index contributed by atoms with van der Waals surface area (Å²) in [6.45, 7) is 3.00. The molecule has 1 unspecified atom stereocenters. The minimum Gasteiger partial charge on any atom is -0.256 e. The van der Waals surface area contributed by atoms with Gasteiger partial charge >= 0.3 is 0 Å². The zero-order valence-electron chi connectivity index (χ0n) is 19.6. The van der Waals surface area contributed by atoms with Crippen LogP contribution in [0, 0.1) is 17.5 Å². The molecule has 3 rings (SSSR count). The SMILES string of the molecule is CCS(=O)(=O)CCCc1cc(F)ccc1C(C)N(c1cc(F)ccc1F)S(=O)(=O)c1ccc(Cl)cc1. The number of hydrogen-bond acceptors (Lipinski definition) is 4. The molecule has 0 bridgehead atoms. The largest absolute Gasteiger partial charge is 0.264 e. The van der Waals surface area contributed by atoms with Crippen LogP contribution in [0.25, 0.3) is 0 Å². The number of aryl methyl sites for hydroxylation is 1. The molecule has 0 aromatic heterocycles. The van der Waals surface area contributed by atoms with Crippen molar-refractivity contribution >= 4 is 37.1 Å². The number of nitrogens with zero attached hydrogens (tertiary/aromatic N) is 1. The lowest BCUT2D eigenvalue weighted by atomic mass is 9.97. The van der Waals surface area contributed by atoms with E-state index >= 15 is 0 Å². The molecule has 0 heterocycles. The van der Waals surface area contributed by atoms with Gasteiger partial charge < -0.3 is 0 Å². The van der Waals surface area contributed by atoms with E-state index in [-0.39, 0.29) is 34.3 Å². The maximum atomic E-state index is 14.9. The van der Waals surface area contributed by atoms with Gasteiger partial charge in [0.1, 0.15) is 27.3 Å². The minimum atomic E-state index is -4.45. The van der Waals surface area contributed by atoms with E-state index in [1.807, 2.05) is 0 Å². The summed E-state index contributed by atoms with van der Waals surface area (Å²) in [5, 5.41) is 0.285. The van der Waals surface area contributed by atoms with Crippen LogP contribution >= 0.6 is 11.6 Å². The molecule has 5 nitrogen and oxygen atoms in total. The van der Waals surface area contributed by atoms with Gasteiger partial charge in [-0.1, -0.05) is 24.6 Å². The molecule has 0 spiro atoms. The van der Waals surface area contributed by atoms with Gasteiger partial charge in [-0.15, -0.1) is 0 Å². The molecule has 0 saturated heterocycles. The molecule has 0 fully saturated rings. The Labute approximate surface area is 214 Å². The van der Waals surface area contributed by atoms with Crippen LogP contribution in [0.3, 0.4) is 0 Å². The lowest BCUT2D eigenvalue weighted by Gasteiger charge is -2.32. The molecular weight excluding hydrogens is 535 g/mol. The Bertz CT molecular complexity index is 1450. The molecule has 0 aliphatic carbocycles. The fourth-order valence-corrected chi connectivity index (χ4v) is 6.51. The van der Waals surface area contributed by atoms with Gasteiger partial charge in [0, 0.05) is 16.8 Å². The number of anilines is 1. The van der Waals surface area contributed by atoms with Crippen LogP contribution < -0.4 is 4.31 Å². The molecule has 0 aliphatic heterocycles. The summed E-state index contributed by atoms with van der Waals surface area (Å²) >= 11 is 5.89. The summed E-state index contributed by atoms with van der Waals surface area (Å²) in [7, 11) is -7.72. The summed E-state index contributed by atoms with van der Waals surface area (Å²) < 4.78 is 95.2. The summed E-state index contributed by atoms with van der Waals surface area (Å²) in [5.41, 5.74) is 0.162. The molecule has 3 aromatic carbocycles. The van der Waals surface area contributed by atoms with Gasteiger partial charge in [0.15, 0.2) is 0 Å². The summed E-state index contributed by atoms with van der Waals surface area (Å²) in [6.07, 6.45) is 0.314. The number of benzene rings is 3. The van der Waals surface area contributed by atoms with Crippen molar-refractivity contribution in [2.24, 2.45) is 0 Å². The van der Waals surface area contributed by atoms with Crippen LogP contribution in [0.4, 0.5) is 18.9 Å². The molecule has 0 N–H and O–H groups in total. The fraction of sp³-hybridized carbons (Fsp3) is 0.280. The third-order valence-corrected chi connectivity index (χ3v) is 9.71. The number of rotatable bonds is 10. The normalized spacial score (nSPS) is 12.9. The first-order valence-corrected chi connectivity index (χ1v) is 14.7. The van der Waals surface area contributed by atoms with Crippen molar-refractivity contribution in [3.63, 3.8) is 0 Å². The first kappa shape index (κ1) is 28.0. The molecule has 1 atom stereocenters. The maximum Gasteiger partial charge on any atom is 0.264 e. The molecule has 0 aliphatic rings. The highest BCUT2D eigenvalue weighted by molar-refractivity contribution is 7.92. The predicted molar refractivity (Wildman–Crippen MR) is 135 cm³/mol. The minimum absolute atomic E-state index is 0.0363. The Balaban J connectivity index is 2.14. The van der Waals surface area contributed by atoms with Crippen molar-refractivity contribution in [3.05, 3.63) is 94.3 Å². The Morgan fingerprint density at radius 1 is 0.889 bits per heavy atom. The van der Waals surface area contributed by atoms with Crippen molar-refractivity contribution < 1.29 is 30.0 Å². The third-order valence-electron chi connectivity index (χ3n) is 5.76. The number of sulfonamides is 1. The van der Waals surface area contributed by atoms with E-state index in [9.17, 15) is 30.0 Å². The van der Waals surface area contributed by atoms with E-state index in [0.29, 0.717) is 11.1 Å². The Kier molecular flexibility index (Phi) is 8.74. The van der Waals surface area contributed by atoms with Crippen LogP contribution in [0.5, 0.6) is 0 Å². The second kappa shape index (κ2) is 11.2. The summed E-state index contributed by atoms with van der Waals surface area (Å²) in [5.74, 6) is -2.58. The van der Waals surface area contributed by atoms with Crippen LogP contribution in [0.1, 0.15) is 37.4 Å². The highest BCUT2D eigenvalue weighted by Crippen LogP contribution is 2.37. The van der Waals surface area contributed by atoms with Gasteiger partial charge in [-0.25, -0.2) is 30.0 Å². The quantitative estimate of drug-likeness (QED) is 0.302. The number of sulfone groups is 1. The summed E-state index contributed by atoms with van der Waals surface area (Å²) in [4.78, 5) is -0.208. The number of halogens is 4. The third kappa shape index (κ3) is 6.41. The van der Waals surface area contributed by atoms with E-state index in [1.54, 1.807) is 0 Å². The monoisotopic (exact) mass is 559 g/mol. The van der Waals surface area contributed by atoms with Crippen LogP contribution in [0.2, 0.25) is 5.02 Å². The van der Waals surface area contributed by atoms with E-state index < -0.39 is 49.0 Å². The molecule has 194 valence electrons. The first-order chi connectivity index (χ1) is 16.9. The fourth-order valence-electron chi connectivity index (χ4n) is 3.87. The zero-order chi connectivity index (χ0) is 26.7. The van der Waals surface area contributed by atoms with Gasteiger partial charge in [-0.2, -0.15) is 0 Å². The number of hydrogen-bond donors (Lipinski definition) is 0. The van der Waals surface area contributed by atoms with Crippen molar-refractivity contribution in [1.82, 2.24) is 0 Å². The van der Waals surface area contributed by atoms with Crippen molar-refractivity contribution in [1.29, 1.82) is 0 Å². The van der Waals surface area contributed by atoms with E-state index in [2.05, 4.69) is 0 Å². The van der Waals surface area contributed by atoms with Gasteiger partial charge in [0.2, 0.25) is 0 Å². The highest BCUT2D eigenvalue weighted by Gasteiger charge is 2.33. The van der Waals surface area contributed by atoms with E-state index in [1.165, 1.54) is 50.2 Å². The molecule has 0 saturated carbocycles. The Morgan fingerprint density at radius 2 is 1.50 bits per heavy atom. The van der Waals surface area contributed by atoms with Gasteiger partial charge in [0.25, 0.3) is 10.0 Å². The average Bonchev–Trinajstić information content (AvgIpc) is 2.81. The van der Waals surface area contributed by atoms with Gasteiger partial charge in [0.05, 0.1) is 22.4 Å². The zero-order valence-corrected chi connectivity index (χ0v) is 22.0. The van der Waals surface area contributed by atoms with Crippen LogP contribution in [-0.4, -0.2) is 28.3 Å². The van der Waals surface area contributed by atoms with Crippen LogP contribution in [-0.2, 0) is 26.3 Å². The van der Waals surface area contributed by atoms with E-state index in [0.717, 1.165) is 28.6 Å². The Morgan fingerprint density at radius 3 is 2.14 bits per heavy atom. The van der Waals surface area contributed by atoms with Crippen molar-refractivity contribution in [2.75, 3.05) is 15.8 Å². The molecule has 0 amide bonds.